The largest absolute Gasteiger partial charge is 0.505 e. The molecule has 2 aliphatic carbocycles. The van der Waals surface area contributed by atoms with Crippen LogP contribution in [0.15, 0.2) is 30.4 Å². The first kappa shape index (κ1) is 13.0. The second kappa shape index (κ2) is 4.16. The molecule has 1 saturated heterocycles. The molecule has 2 amide bonds. The zero-order chi connectivity index (χ0) is 15.6. The third-order valence-electron chi connectivity index (χ3n) is 4.88. The van der Waals surface area contributed by atoms with E-state index in [4.69, 9.17) is 0 Å². The van der Waals surface area contributed by atoms with E-state index in [9.17, 15) is 24.8 Å². The summed E-state index contributed by atoms with van der Waals surface area (Å²) in [5.74, 6) is -1.65. The highest BCUT2D eigenvalue weighted by Crippen LogP contribution is 2.53. The van der Waals surface area contributed by atoms with Crippen LogP contribution >= 0.6 is 0 Å². The first-order chi connectivity index (χ1) is 10.5. The molecule has 112 valence electrons. The number of fused-ring (bicyclic) bond motifs is 5. The molecule has 1 heterocycles. The summed E-state index contributed by atoms with van der Waals surface area (Å²) >= 11 is 0. The van der Waals surface area contributed by atoms with Crippen LogP contribution in [0.3, 0.4) is 0 Å². The van der Waals surface area contributed by atoms with Crippen LogP contribution < -0.4 is 4.90 Å². The van der Waals surface area contributed by atoms with Gasteiger partial charge in [-0.05, 0) is 24.3 Å². The lowest BCUT2D eigenvalue weighted by Gasteiger charge is -2.18. The Balaban J connectivity index is 1.74. The maximum Gasteiger partial charge on any atom is 0.273 e. The van der Waals surface area contributed by atoms with Crippen molar-refractivity contribution in [3.05, 3.63) is 40.5 Å². The number of anilines is 1. The van der Waals surface area contributed by atoms with Crippen molar-refractivity contribution in [2.24, 2.45) is 23.7 Å². The number of hydrogen-bond donors (Lipinski definition) is 1. The Morgan fingerprint density at radius 1 is 1.14 bits per heavy atom. The molecule has 7 nitrogen and oxygen atoms in total. The third-order valence-corrected chi connectivity index (χ3v) is 4.88. The van der Waals surface area contributed by atoms with Crippen molar-refractivity contribution in [3.63, 3.8) is 0 Å². The van der Waals surface area contributed by atoms with E-state index >= 15 is 0 Å². The summed E-state index contributed by atoms with van der Waals surface area (Å²) in [6.45, 7) is 0. The van der Waals surface area contributed by atoms with Gasteiger partial charge in [-0.3, -0.25) is 19.7 Å². The number of phenols is 1. The average Bonchev–Trinajstić information content (AvgIpc) is 3.14. The lowest BCUT2D eigenvalue weighted by Crippen LogP contribution is -2.32. The number of nitrogens with zero attached hydrogens (tertiary/aromatic N) is 2. The second-order valence-corrected chi connectivity index (χ2v) is 5.94. The highest BCUT2D eigenvalue weighted by atomic mass is 16.6. The maximum absolute atomic E-state index is 12.6. The van der Waals surface area contributed by atoms with Crippen molar-refractivity contribution in [3.8, 4) is 5.75 Å². The Hall–Kier alpha value is -2.70. The van der Waals surface area contributed by atoms with Gasteiger partial charge < -0.3 is 5.11 Å². The van der Waals surface area contributed by atoms with Crippen molar-refractivity contribution >= 4 is 23.2 Å². The third kappa shape index (κ3) is 1.50. The van der Waals surface area contributed by atoms with Gasteiger partial charge in [0.2, 0.25) is 11.8 Å². The molecule has 1 aliphatic heterocycles. The van der Waals surface area contributed by atoms with Crippen LogP contribution in [0, 0.1) is 33.8 Å². The molecule has 0 unspecified atom stereocenters. The number of carbonyl (C=O) groups excluding carboxylic acids is 2. The van der Waals surface area contributed by atoms with Crippen LogP contribution in [0.4, 0.5) is 11.4 Å². The smallest absolute Gasteiger partial charge is 0.273 e. The van der Waals surface area contributed by atoms with Gasteiger partial charge in [0.25, 0.3) is 5.69 Å². The van der Waals surface area contributed by atoms with Crippen molar-refractivity contribution in [2.45, 2.75) is 6.42 Å². The molecular weight excluding hydrogens is 288 g/mol. The van der Waals surface area contributed by atoms with Crippen LogP contribution in [0.25, 0.3) is 0 Å². The summed E-state index contributed by atoms with van der Waals surface area (Å²) in [5.41, 5.74) is -0.267. The molecule has 2 fully saturated rings. The van der Waals surface area contributed by atoms with E-state index in [1.165, 1.54) is 12.1 Å². The van der Waals surface area contributed by atoms with Crippen molar-refractivity contribution < 1.29 is 19.6 Å². The zero-order valence-corrected chi connectivity index (χ0v) is 11.4. The van der Waals surface area contributed by atoms with E-state index in [-0.39, 0.29) is 46.9 Å². The number of non-ortho nitro benzene ring substituents is 1. The average molecular weight is 300 g/mol. The van der Waals surface area contributed by atoms with E-state index in [0.29, 0.717) is 0 Å². The normalized spacial score (nSPS) is 31.9. The minimum absolute atomic E-state index is 0.0226. The van der Waals surface area contributed by atoms with Crippen molar-refractivity contribution in [1.82, 2.24) is 0 Å². The molecule has 0 spiro atoms. The monoisotopic (exact) mass is 300 g/mol. The fraction of sp³-hybridized carbons (Fsp3) is 0.333. The van der Waals surface area contributed by atoms with Gasteiger partial charge in [-0.1, -0.05) is 12.2 Å². The topological polar surface area (TPSA) is 101 Å². The number of aromatic hydroxyl groups is 1. The van der Waals surface area contributed by atoms with Gasteiger partial charge in [0.15, 0.2) is 0 Å². The predicted molar refractivity (Wildman–Crippen MR) is 75.0 cm³/mol. The fourth-order valence-electron chi connectivity index (χ4n) is 3.95. The number of hydrogen-bond acceptors (Lipinski definition) is 5. The SMILES string of the molecule is O=C1[C@@H]2[C@@H](C(=O)N1c1ccc([N+](=O)[O-])cc1O)[C@H]1C=C[C@H]2C1. The molecule has 0 aromatic heterocycles. The van der Waals surface area contributed by atoms with Gasteiger partial charge in [-0.15, -0.1) is 0 Å². The zero-order valence-electron chi connectivity index (χ0n) is 11.4. The molecule has 4 atom stereocenters. The summed E-state index contributed by atoms with van der Waals surface area (Å²) in [6.07, 6.45) is 4.79. The molecule has 1 saturated carbocycles. The van der Waals surface area contributed by atoms with Crippen molar-refractivity contribution in [2.75, 3.05) is 4.90 Å². The Morgan fingerprint density at radius 2 is 1.73 bits per heavy atom. The molecule has 1 N–H and O–H groups in total. The first-order valence-corrected chi connectivity index (χ1v) is 7.02. The van der Waals surface area contributed by atoms with Crippen LogP contribution in [-0.2, 0) is 9.59 Å². The number of amides is 2. The molecular formula is C15H12N2O5. The highest BCUT2D eigenvalue weighted by molar-refractivity contribution is 6.23. The number of imide groups is 1. The van der Waals surface area contributed by atoms with Crippen molar-refractivity contribution in [1.29, 1.82) is 0 Å². The first-order valence-electron chi connectivity index (χ1n) is 7.02. The lowest BCUT2D eigenvalue weighted by atomic mass is 9.85. The minimum atomic E-state index is -0.643. The molecule has 22 heavy (non-hydrogen) atoms. The fourth-order valence-corrected chi connectivity index (χ4v) is 3.95. The number of benzene rings is 1. The molecule has 0 radical (unpaired) electrons. The molecule has 3 aliphatic rings. The van der Waals surface area contributed by atoms with Crippen LogP contribution in [-0.4, -0.2) is 21.8 Å². The highest BCUT2D eigenvalue weighted by Gasteiger charge is 2.59. The van der Waals surface area contributed by atoms with Gasteiger partial charge in [0.05, 0.1) is 28.5 Å². The number of rotatable bonds is 2. The molecule has 1 aromatic rings. The van der Waals surface area contributed by atoms with E-state index in [0.717, 1.165) is 17.4 Å². The molecule has 4 rings (SSSR count). The summed E-state index contributed by atoms with van der Waals surface area (Å²) in [4.78, 5) is 36.2. The Bertz CT molecular complexity index is 726. The van der Waals surface area contributed by atoms with E-state index in [1.807, 2.05) is 12.2 Å². The summed E-state index contributed by atoms with van der Waals surface area (Å²) < 4.78 is 0. The summed E-state index contributed by atoms with van der Waals surface area (Å²) in [7, 11) is 0. The van der Waals surface area contributed by atoms with Gasteiger partial charge in [-0.2, -0.15) is 0 Å². The summed E-state index contributed by atoms with van der Waals surface area (Å²) in [5, 5.41) is 20.7. The standard InChI is InChI=1S/C15H12N2O5/c18-11-6-9(17(21)22)3-4-10(11)16-14(19)12-7-1-2-8(5-7)13(12)15(16)20/h1-4,6-8,12-13,18H,5H2/t7-,8-,12-,13-/m0/s1. The summed E-state index contributed by atoms with van der Waals surface area (Å²) in [6, 6.07) is 3.38. The maximum atomic E-state index is 12.6. The number of carbonyl (C=O) groups is 2. The van der Waals surface area contributed by atoms with Crippen LogP contribution in [0.5, 0.6) is 5.75 Å². The van der Waals surface area contributed by atoms with Gasteiger partial charge in [-0.25, -0.2) is 4.90 Å². The van der Waals surface area contributed by atoms with Gasteiger partial charge in [0.1, 0.15) is 5.75 Å². The molecule has 1 aromatic carbocycles. The lowest BCUT2D eigenvalue weighted by molar-refractivity contribution is -0.384. The number of allylic oxidation sites excluding steroid dienone is 2. The van der Waals surface area contributed by atoms with Crippen LogP contribution in [0.2, 0.25) is 0 Å². The number of nitro benzene ring substituents is 1. The molecule has 7 heteroatoms. The van der Waals surface area contributed by atoms with Crippen LogP contribution in [0.1, 0.15) is 6.42 Å². The van der Waals surface area contributed by atoms with Gasteiger partial charge in [0, 0.05) is 6.07 Å². The number of nitro groups is 1. The second-order valence-electron chi connectivity index (χ2n) is 5.94. The van der Waals surface area contributed by atoms with E-state index < -0.39 is 10.7 Å². The van der Waals surface area contributed by atoms with E-state index in [2.05, 4.69) is 0 Å². The Morgan fingerprint density at radius 3 is 2.23 bits per heavy atom. The molecule has 2 bridgehead atoms. The Labute approximate surface area is 125 Å². The quantitative estimate of drug-likeness (QED) is 0.387. The number of phenolic OH excluding ortho intramolecular Hbond substituents is 1. The predicted octanol–water partition coefficient (Wildman–Crippen LogP) is 1.61. The Kier molecular flexibility index (Phi) is 2.46. The van der Waals surface area contributed by atoms with E-state index in [1.54, 1.807) is 0 Å². The minimum Gasteiger partial charge on any atom is -0.505 e. The van der Waals surface area contributed by atoms with Gasteiger partial charge >= 0.3 is 0 Å².